The van der Waals surface area contributed by atoms with Gasteiger partial charge in [-0.2, -0.15) is 10.5 Å². The third-order valence-electron chi connectivity index (χ3n) is 7.42. The number of fused-ring (bicyclic) bond motifs is 5. The molecular weight excluding hydrogens is 402 g/mol. The van der Waals surface area contributed by atoms with Crippen molar-refractivity contribution in [2.45, 2.75) is 11.3 Å². The molecule has 0 bridgehead atoms. The number of rotatable bonds is 2. The molecule has 0 atom stereocenters. The molecule has 1 heterocycles. The van der Waals surface area contributed by atoms with Crippen LogP contribution in [-0.4, -0.2) is 7.05 Å². The highest BCUT2D eigenvalue weighted by Crippen LogP contribution is 2.63. The lowest BCUT2D eigenvalue weighted by Gasteiger charge is -2.46. The van der Waals surface area contributed by atoms with E-state index in [1.54, 1.807) is 0 Å². The first kappa shape index (κ1) is 19.4. The first-order valence-corrected chi connectivity index (χ1v) is 11.1. The van der Waals surface area contributed by atoms with E-state index in [-0.39, 0.29) is 5.92 Å². The van der Waals surface area contributed by atoms with Gasteiger partial charge in [0.05, 0.1) is 17.6 Å². The molecule has 156 valence electrons. The van der Waals surface area contributed by atoms with Crippen molar-refractivity contribution >= 4 is 11.4 Å². The molecule has 0 aromatic heterocycles. The van der Waals surface area contributed by atoms with E-state index in [0.29, 0.717) is 0 Å². The van der Waals surface area contributed by atoms with Crippen LogP contribution in [0.1, 0.15) is 28.2 Å². The Morgan fingerprint density at radius 3 is 1.58 bits per heavy atom. The molecule has 4 aromatic rings. The van der Waals surface area contributed by atoms with Gasteiger partial charge in [0.1, 0.15) is 5.92 Å². The van der Waals surface area contributed by atoms with E-state index in [9.17, 15) is 10.5 Å². The van der Waals surface area contributed by atoms with Crippen LogP contribution in [0.25, 0.3) is 11.1 Å². The molecule has 3 heteroatoms. The summed E-state index contributed by atoms with van der Waals surface area (Å²) in [5.74, 6) is -1.05. The summed E-state index contributed by atoms with van der Waals surface area (Å²) in [6, 6.07) is 38.2. The summed E-state index contributed by atoms with van der Waals surface area (Å²) < 4.78 is 0. The summed E-state index contributed by atoms with van der Waals surface area (Å²) in [5, 5.41) is 20.8. The number of anilines is 2. The highest BCUT2D eigenvalue weighted by molar-refractivity contribution is 5.86. The molecule has 0 saturated heterocycles. The fraction of sp³-hybridized carbons (Fsp3) is 0.133. The average Bonchev–Trinajstić information content (AvgIpc) is 3.17. The molecule has 0 spiro atoms. The van der Waals surface area contributed by atoms with Crippen LogP contribution in [-0.2, 0) is 5.41 Å². The number of benzene rings is 4. The highest BCUT2D eigenvalue weighted by atomic mass is 15.1. The summed E-state index contributed by atoms with van der Waals surface area (Å²) >= 11 is 0. The first-order chi connectivity index (χ1) is 16.2. The fourth-order valence-electron chi connectivity index (χ4n) is 6.19. The molecule has 0 radical (unpaired) electrons. The van der Waals surface area contributed by atoms with E-state index in [2.05, 4.69) is 96.9 Å². The number of nitriles is 2. The molecule has 0 N–H and O–H groups in total. The summed E-state index contributed by atoms with van der Waals surface area (Å²) in [4.78, 5) is 2.22. The summed E-state index contributed by atoms with van der Waals surface area (Å²) in [6.07, 6.45) is 0. The Morgan fingerprint density at radius 2 is 1.09 bits per heavy atom. The summed E-state index contributed by atoms with van der Waals surface area (Å²) in [6.45, 7) is 0. The standard InChI is InChI=1S/C30H21N3/c1-33-27-16-8-4-12-23(27)29(24-13-5-9-17-28(24)33)30(20(18-31)19-32)25-14-6-2-10-21(25)22-11-3-7-15-26(22)30/h2-17,20,29H,1H3. The Bertz CT molecular complexity index is 1380. The molecule has 0 saturated carbocycles. The molecule has 1 aliphatic carbocycles. The van der Waals surface area contributed by atoms with Gasteiger partial charge in [-0.3, -0.25) is 0 Å². The van der Waals surface area contributed by atoms with Gasteiger partial charge in [0.2, 0.25) is 0 Å². The second kappa shape index (κ2) is 7.09. The van der Waals surface area contributed by atoms with E-state index >= 15 is 0 Å². The molecule has 6 rings (SSSR count). The minimum atomic E-state index is -0.864. The smallest absolute Gasteiger partial charge is 0.147 e. The van der Waals surface area contributed by atoms with Crippen molar-refractivity contribution in [1.82, 2.24) is 0 Å². The monoisotopic (exact) mass is 423 g/mol. The van der Waals surface area contributed by atoms with Crippen molar-refractivity contribution in [3.8, 4) is 23.3 Å². The van der Waals surface area contributed by atoms with Crippen molar-refractivity contribution in [2.24, 2.45) is 5.92 Å². The van der Waals surface area contributed by atoms with Gasteiger partial charge in [-0.25, -0.2) is 0 Å². The fourth-order valence-corrected chi connectivity index (χ4v) is 6.19. The lowest BCUT2D eigenvalue weighted by molar-refractivity contribution is 0.409. The molecule has 4 aromatic carbocycles. The van der Waals surface area contributed by atoms with Gasteiger partial charge < -0.3 is 4.90 Å². The van der Waals surface area contributed by atoms with Crippen molar-refractivity contribution in [3.63, 3.8) is 0 Å². The molecule has 2 aliphatic rings. The van der Waals surface area contributed by atoms with Crippen LogP contribution in [0.15, 0.2) is 97.1 Å². The number of hydrogen-bond acceptors (Lipinski definition) is 3. The van der Waals surface area contributed by atoms with Gasteiger partial charge in [0.15, 0.2) is 0 Å². The van der Waals surface area contributed by atoms with Crippen LogP contribution < -0.4 is 4.90 Å². The van der Waals surface area contributed by atoms with Gasteiger partial charge in [0.25, 0.3) is 0 Å². The molecule has 33 heavy (non-hydrogen) atoms. The number of hydrogen-bond donors (Lipinski definition) is 0. The Labute approximate surface area is 193 Å². The Hall–Kier alpha value is -4.34. The van der Waals surface area contributed by atoms with Crippen LogP contribution >= 0.6 is 0 Å². The van der Waals surface area contributed by atoms with Gasteiger partial charge in [-0.15, -0.1) is 0 Å². The second-order valence-corrected chi connectivity index (χ2v) is 8.76. The molecule has 3 nitrogen and oxygen atoms in total. The summed E-state index contributed by atoms with van der Waals surface area (Å²) in [5.41, 5.74) is 7.99. The summed E-state index contributed by atoms with van der Waals surface area (Å²) in [7, 11) is 2.09. The molecule has 0 amide bonds. The predicted octanol–water partition coefficient (Wildman–Crippen LogP) is 6.53. The third kappa shape index (κ3) is 2.37. The van der Waals surface area contributed by atoms with Crippen molar-refractivity contribution in [3.05, 3.63) is 119 Å². The Balaban J connectivity index is 1.81. The lowest BCUT2D eigenvalue weighted by Crippen LogP contribution is -2.42. The maximum absolute atomic E-state index is 10.4. The molecule has 0 fully saturated rings. The number of nitrogens with zero attached hydrogens (tertiary/aromatic N) is 3. The maximum Gasteiger partial charge on any atom is 0.147 e. The quantitative estimate of drug-likeness (QED) is 0.368. The van der Waals surface area contributed by atoms with E-state index < -0.39 is 11.3 Å². The molecule has 1 aliphatic heterocycles. The SMILES string of the molecule is CN1c2ccccc2C(C2(C(C#N)C#N)c3ccccc3-c3ccccc32)c2ccccc21. The zero-order valence-corrected chi connectivity index (χ0v) is 18.2. The minimum absolute atomic E-state index is 0.185. The van der Waals surface area contributed by atoms with Crippen molar-refractivity contribution in [2.75, 3.05) is 11.9 Å². The van der Waals surface area contributed by atoms with Gasteiger partial charge in [0, 0.05) is 24.3 Å². The molecule has 0 unspecified atom stereocenters. The van der Waals surface area contributed by atoms with Crippen LogP contribution in [0.4, 0.5) is 11.4 Å². The van der Waals surface area contributed by atoms with Gasteiger partial charge in [-0.1, -0.05) is 84.9 Å². The van der Waals surface area contributed by atoms with Crippen LogP contribution in [0.2, 0.25) is 0 Å². The van der Waals surface area contributed by atoms with Crippen LogP contribution in [0.3, 0.4) is 0 Å². The Kier molecular flexibility index (Phi) is 4.16. The zero-order valence-electron chi connectivity index (χ0n) is 18.2. The normalized spacial score (nSPS) is 15.1. The van der Waals surface area contributed by atoms with Crippen molar-refractivity contribution in [1.29, 1.82) is 10.5 Å². The predicted molar refractivity (Wildman–Crippen MR) is 130 cm³/mol. The first-order valence-electron chi connectivity index (χ1n) is 11.1. The highest BCUT2D eigenvalue weighted by Gasteiger charge is 2.57. The lowest BCUT2D eigenvalue weighted by atomic mass is 9.56. The van der Waals surface area contributed by atoms with E-state index in [1.807, 2.05) is 24.3 Å². The van der Waals surface area contributed by atoms with Crippen molar-refractivity contribution < 1.29 is 0 Å². The molecular formula is C30H21N3. The Morgan fingerprint density at radius 1 is 0.667 bits per heavy atom. The average molecular weight is 424 g/mol. The van der Waals surface area contributed by atoms with Gasteiger partial charge in [-0.05, 0) is 45.5 Å². The van der Waals surface area contributed by atoms with Crippen LogP contribution in [0, 0.1) is 28.6 Å². The second-order valence-electron chi connectivity index (χ2n) is 8.76. The maximum atomic E-state index is 10.4. The zero-order chi connectivity index (χ0) is 22.6. The third-order valence-corrected chi connectivity index (χ3v) is 7.42. The minimum Gasteiger partial charge on any atom is -0.344 e. The van der Waals surface area contributed by atoms with E-state index in [0.717, 1.165) is 44.8 Å². The topological polar surface area (TPSA) is 50.8 Å². The van der Waals surface area contributed by atoms with E-state index in [1.165, 1.54) is 0 Å². The number of para-hydroxylation sites is 2. The van der Waals surface area contributed by atoms with E-state index in [4.69, 9.17) is 0 Å². The van der Waals surface area contributed by atoms with Gasteiger partial charge >= 0.3 is 0 Å². The largest absolute Gasteiger partial charge is 0.344 e. The van der Waals surface area contributed by atoms with Crippen LogP contribution in [0.5, 0.6) is 0 Å².